The van der Waals surface area contributed by atoms with Crippen molar-refractivity contribution >= 4 is 29.1 Å². The predicted molar refractivity (Wildman–Crippen MR) is 85.0 cm³/mol. The Morgan fingerprint density at radius 1 is 1.39 bits per heavy atom. The van der Waals surface area contributed by atoms with Crippen LogP contribution in [0.15, 0.2) is 34.9 Å². The second kappa shape index (κ2) is 7.77. The van der Waals surface area contributed by atoms with E-state index in [-0.39, 0.29) is 0 Å². The van der Waals surface area contributed by atoms with Crippen molar-refractivity contribution in [2.75, 3.05) is 6.67 Å². The van der Waals surface area contributed by atoms with E-state index in [4.69, 9.17) is 27.7 Å². The molecule has 2 rings (SSSR count). The van der Waals surface area contributed by atoms with Crippen LogP contribution in [0.3, 0.4) is 0 Å². The van der Waals surface area contributed by atoms with Crippen LogP contribution in [0.4, 0.5) is 4.39 Å². The van der Waals surface area contributed by atoms with Crippen LogP contribution in [0.2, 0.25) is 0 Å². The fourth-order valence-corrected chi connectivity index (χ4v) is 2.15. The van der Waals surface area contributed by atoms with Crippen molar-refractivity contribution in [2.24, 2.45) is 0 Å². The SMILES string of the molecule is Cc1cc(-c2ccc([C@@H](O)[C@@H](CF)NC(=O)C(Cl)Cl)cc2)on1. The molecule has 0 radical (unpaired) electrons. The summed E-state index contributed by atoms with van der Waals surface area (Å²) in [6.07, 6.45) is -1.23. The van der Waals surface area contributed by atoms with Crippen LogP contribution < -0.4 is 5.32 Å². The number of amides is 1. The third-order valence-corrected chi connectivity index (χ3v) is 3.63. The summed E-state index contributed by atoms with van der Waals surface area (Å²) in [7, 11) is 0. The van der Waals surface area contributed by atoms with E-state index in [0.29, 0.717) is 11.3 Å². The highest BCUT2D eigenvalue weighted by Gasteiger charge is 2.25. The number of nitrogens with one attached hydrogen (secondary N) is 1. The first-order valence-electron chi connectivity index (χ1n) is 6.78. The molecule has 2 atom stereocenters. The van der Waals surface area contributed by atoms with E-state index < -0.39 is 29.6 Å². The van der Waals surface area contributed by atoms with Gasteiger partial charge in [-0.3, -0.25) is 4.79 Å². The molecule has 2 aromatic rings. The lowest BCUT2D eigenvalue weighted by Crippen LogP contribution is -2.43. The van der Waals surface area contributed by atoms with Crippen LogP contribution in [-0.4, -0.2) is 33.7 Å². The van der Waals surface area contributed by atoms with Gasteiger partial charge in [-0.15, -0.1) is 0 Å². The third-order valence-electron chi connectivity index (χ3n) is 3.24. The van der Waals surface area contributed by atoms with E-state index >= 15 is 0 Å². The van der Waals surface area contributed by atoms with E-state index in [1.807, 2.05) is 0 Å². The summed E-state index contributed by atoms with van der Waals surface area (Å²) in [6.45, 7) is 0.844. The average molecular weight is 361 g/mol. The van der Waals surface area contributed by atoms with Gasteiger partial charge in [0.25, 0.3) is 5.91 Å². The van der Waals surface area contributed by atoms with Crippen molar-refractivity contribution in [3.05, 3.63) is 41.6 Å². The summed E-state index contributed by atoms with van der Waals surface area (Å²) < 4.78 is 18.2. The lowest BCUT2D eigenvalue weighted by atomic mass is 10.0. The second-order valence-electron chi connectivity index (χ2n) is 4.97. The molecule has 0 saturated carbocycles. The average Bonchev–Trinajstić information content (AvgIpc) is 2.98. The van der Waals surface area contributed by atoms with Crippen LogP contribution in [0.5, 0.6) is 0 Å². The molecule has 1 aromatic carbocycles. The summed E-state index contributed by atoms with van der Waals surface area (Å²) in [5.41, 5.74) is 1.96. The number of hydrogen-bond donors (Lipinski definition) is 2. The Kier molecular flexibility index (Phi) is 5.98. The summed E-state index contributed by atoms with van der Waals surface area (Å²) in [5.74, 6) is -0.171. The number of aromatic nitrogens is 1. The Labute approximate surface area is 142 Å². The number of carbonyl (C=O) groups is 1. The predicted octanol–water partition coefficient (Wildman–Crippen LogP) is 2.94. The molecule has 0 aliphatic rings. The molecule has 0 aliphatic heterocycles. The summed E-state index contributed by atoms with van der Waals surface area (Å²) >= 11 is 10.8. The molecule has 0 saturated heterocycles. The van der Waals surface area contributed by atoms with Crippen LogP contribution in [0.1, 0.15) is 17.4 Å². The first kappa shape index (κ1) is 17.7. The van der Waals surface area contributed by atoms with Gasteiger partial charge in [0, 0.05) is 11.6 Å². The van der Waals surface area contributed by atoms with Crippen molar-refractivity contribution in [2.45, 2.75) is 23.9 Å². The molecule has 124 valence electrons. The number of aryl methyl sites for hydroxylation is 1. The van der Waals surface area contributed by atoms with Crippen molar-refractivity contribution in [1.29, 1.82) is 0 Å². The van der Waals surface area contributed by atoms with Gasteiger partial charge < -0.3 is 14.9 Å². The van der Waals surface area contributed by atoms with Crippen molar-refractivity contribution in [3.63, 3.8) is 0 Å². The van der Waals surface area contributed by atoms with Gasteiger partial charge in [-0.25, -0.2) is 4.39 Å². The number of rotatable bonds is 6. The fraction of sp³-hybridized carbons (Fsp3) is 0.333. The molecular weight excluding hydrogens is 346 g/mol. The molecule has 0 spiro atoms. The molecule has 1 amide bonds. The largest absolute Gasteiger partial charge is 0.386 e. The Morgan fingerprint density at radius 3 is 2.52 bits per heavy atom. The zero-order valence-corrected chi connectivity index (χ0v) is 13.7. The van der Waals surface area contributed by atoms with Gasteiger partial charge in [0.15, 0.2) is 10.6 Å². The topological polar surface area (TPSA) is 75.4 Å². The van der Waals surface area contributed by atoms with E-state index in [1.165, 1.54) is 0 Å². The van der Waals surface area contributed by atoms with Gasteiger partial charge in [-0.1, -0.05) is 52.6 Å². The monoisotopic (exact) mass is 360 g/mol. The first-order chi connectivity index (χ1) is 10.9. The number of halogens is 3. The van der Waals surface area contributed by atoms with Gasteiger partial charge in [0.1, 0.15) is 12.8 Å². The zero-order chi connectivity index (χ0) is 17.0. The Balaban J connectivity index is 2.12. The van der Waals surface area contributed by atoms with Crippen molar-refractivity contribution in [1.82, 2.24) is 10.5 Å². The molecule has 2 N–H and O–H groups in total. The standard InChI is InChI=1S/C15H15Cl2FN2O3/c1-8-6-12(23-20-8)9-2-4-10(5-3-9)13(21)11(7-18)19-15(22)14(16)17/h2-6,11,13-14,21H,7H2,1H3,(H,19,22)/t11-,13-/m1/s1. The Bertz CT molecular complexity index is 661. The minimum Gasteiger partial charge on any atom is -0.386 e. The molecular formula is C15H15Cl2FN2O3. The van der Waals surface area contributed by atoms with Crippen LogP contribution in [0, 0.1) is 6.92 Å². The Morgan fingerprint density at radius 2 is 2.04 bits per heavy atom. The molecule has 8 heteroatoms. The molecule has 5 nitrogen and oxygen atoms in total. The maximum Gasteiger partial charge on any atom is 0.253 e. The van der Waals surface area contributed by atoms with Gasteiger partial charge in [0.05, 0.1) is 11.7 Å². The van der Waals surface area contributed by atoms with E-state index in [9.17, 15) is 14.3 Å². The number of benzene rings is 1. The quantitative estimate of drug-likeness (QED) is 0.776. The number of nitrogens with zero attached hydrogens (tertiary/aromatic N) is 1. The number of carbonyl (C=O) groups excluding carboxylic acids is 1. The van der Waals surface area contributed by atoms with Gasteiger partial charge in [-0.2, -0.15) is 0 Å². The van der Waals surface area contributed by atoms with Gasteiger partial charge >= 0.3 is 0 Å². The van der Waals surface area contributed by atoms with Crippen LogP contribution >= 0.6 is 23.2 Å². The van der Waals surface area contributed by atoms with Gasteiger partial charge in [0.2, 0.25) is 0 Å². The Hall–Kier alpha value is -1.63. The third kappa shape index (κ3) is 4.43. The second-order valence-corrected chi connectivity index (χ2v) is 6.07. The number of hydrogen-bond acceptors (Lipinski definition) is 4. The molecule has 0 bridgehead atoms. The zero-order valence-electron chi connectivity index (χ0n) is 12.2. The summed E-state index contributed by atoms with van der Waals surface area (Å²) in [4.78, 5) is 10.1. The molecule has 1 aromatic heterocycles. The molecule has 0 unspecified atom stereocenters. The molecule has 23 heavy (non-hydrogen) atoms. The minimum atomic E-state index is -1.33. The minimum absolute atomic E-state index is 0.439. The maximum absolute atomic E-state index is 13.1. The highest BCUT2D eigenvalue weighted by molar-refractivity contribution is 6.53. The highest BCUT2D eigenvalue weighted by atomic mass is 35.5. The smallest absolute Gasteiger partial charge is 0.253 e. The van der Waals surface area contributed by atoms with E-state index in [0.717, 1.165) is 11.3 Å². The van der Waals surface area contributed by atoms with Crippen LogP contribution in [0.25, 0.3) is 11.3 Å². The van der Waals surface area contributed by atoms with E-state index in [2.05, 4.69) is 10.5 Å². The number of alkyl halides is 3. The first-order valence-corrected chi connectivity index (χ1v) is 7.66. The van der Waals surface area contributed by atoms with Crippen molar-refractivity contribution in [3.8, 4) is 11.3 Å². The molecule has 1 heterocycles. The summed E-state index contributed by atoms with van der Waals surface area (Å²) in [5, 5.41) is 16.3. The highest BCUT2D eigenvalue weighted by Crippen LogP contribution is 2.24. The van der Waals surface area contributed by atoms with Crippen molar-refractivity contribution < 1.29 is 18.8 Å². The number of aliphatic hydroxyl groups excluding tert-OH is 1. The lowest BCUT2D eigenvalue weighted by Gasteiger charge is -2.22. The lowest BCUT2D eigenvalue weighted by molar-refractivity contribution is -0.121. The van der Waals surface area contributed by atoms with Crippen LogP contribution in [-0.2, 0) is 4.79 Å². The van der Waals surface area contributed by atoms with E-state index in [1.54, 1.807) is 37.3 Å². The number of aliphatic hydroxyl groups is 1. The van der Waals surface area contributed by atoms with Gasteiger partial charge in [-0.05, 0) is 12.5 Å². The maximum atomic E-state index is 13.1. The normalized spacial score (nSPS) is 13.8. The summed E-state index contributed by atoms with van der Waals surface area (Å²) in [6, 6.07) is 7.29. The molecule has 0 fully saturated rings. The fourth-order valence-electron chi connectivity index (χ4n) is 2.02. The molecule has 0 aliphatic carbocycles.